The Morgan fingerprint density at radius 1 is 1.92 bits per heavy atom. The van der Waals surface area contributed by atoms with E-state index >= 15 is 0 Å². The highest BCUT2D eigenvalue weighted by molar-refractivity contribution is 6.29. The largest absolute Gasteiger partial charge is 0.480 e. The maximum absolute atomic E-state index is 10.3. The van der Waals surface area contributed by atoms with Gasteiger partial charge in [-0.3, -0.25) is 9.48 Å². The third-order valence-electron chi connectivity index (χ3n) is 1.38. The van der Waals surface area contributed by atoms with Crippen molar-refractivity contribution in [2.24, 2.45) is 0 Å². The standard InChI is InChI=1S/C7H9ClN2O2/c1-5-2-9-10(3-5)4-6(8)7(11)12/h2-3,6H,4H2,1H3,(H,11,12). The molecule has 0 fully saturated rings. The molecule has 1 aromatic heterocycles. The van der Waals surface area contributed by atoms with Crippen LogP contribution in [0, 0.1) is 6.92 Å². The van der Waals surface area contributed by atoms with Gasteiger partial charge in [0.25, 0.3) is 0 Å². The molecule has 1 unspecified atom stereocenters. The average molecular weight is 189 g/mol. The van der Waals surface area contributed by atoms with Crippen molar-refractivity contribution in [2.75, 3.05) is 0 Å². The number of hydrogen-bond donors (Lipinski definition) is 1. The van der Waals surface area contributed by atoms with E-state index in [-0.39, 0.29) is 6.54 Å². The van der Waals surface area contributed by atoms with Crippen molar-refractivity contribution in [1.82, 2.24) is 9.78 Å². The van der Waals surface area contributed by atoms with Crippen LogP contribution in [0.1, 0.15) is 5.56 Å². The quantitative estimate of drug-likeness (QED) is 0.717. The zero-order chi connectivity index (χ0) is 9.14. The first-order chi connectivity index (χ1) is 5.59. The molecule has 0 aliphatic rings. The van der Waals surface area contributed by atoms with E-state index in [0.717, 1.165) is 5.56 Å². The first-order valence-corrected chi connectivity index (χ1v) is 3.89. The van der Waals surface area contributed by atoms with Crippen LogP contribution >= 0.6 is 11.6 Å². The normalized spacial score (nSPS) is 12.8. The number of rotatable bonds is 3. The topological polar surface area (TPSA) is 55.1 Å². The SMILES string of the molecule is Cc1cnn(CC(Cl)C(=O)O)c1. The molecule has 1 atom stereocenters. The summed E-state index contributed by atoms with van der Waals surface area (Å²) in [6.45, 7) is 2.08. The van der Waals surface area contributed by atoms with Crippen LogP contribution in [0.3, 0.4) is 0 Å². The van der Waals surface area contributed by atoms with E-state index in [1.165, 1.54) is 4.68 Å². The lowest BCUT2D eigenvalue weighted by molar-refractivity contribution is -0.136. The van der Waals surface area contributed by atoms with Crippen molar-refractivity contribution < 1.29 is 9.90 Å². The van der Waals surface area contributed by atoms with Crippen LogP contribution in [-0.2, 0) is 11.3 Å². The summed E-state index contributed by atoms with van der Waals surface area (Å²) in [5, 5.41) is 11.5. The van der Waals surface area contributed by atoms with Gasteiger partial charge in [-0.15, -0.1) is 11.6 Å². The lowest BCUT2D eigenvalue weighted by Gasteiger charge is -2.02. The van der Waals surface area contributed by atoms with E-state index in [1.807, 2.05) is 6.92 Å². The van der Waals surface area contributed by atoms with E-state index in [9.17, 15) is 4.79 Å². The summed E-state index contributed by atoms with van der Waals surface area (Å²) in [4.78, 5) is 10.3. The van der Waals surface area contributed by atoms with E-state index in [0.29, 0.717) is 0 Å². The molecule has 1 heterocycles. The molecule has 5 heteroatoms. The molecular formula is C7H9ClN2O2. The van der Waals surface area contributed by atoms with Crippen LogP contribution < -0.4 is 0 Å². The van der Waals surface area contributed by atoms with Gasteiger partial charge in [-0.2, -0.15) is 5.10 Å². The summed E-state index contributed by atoms with van der Waals surface area (Å²) < 4.78 is 1.52. The van der Waals surface area contributed by atoms with Gasteiger partial charge >= 0.3 is 5.97 Å². The van der Waals surface area contributed by atoms with Gasteiger partial charge in [0.15, 0.2) is 5.38 Å². The molecule has 0 bridgehead atoms. The summed E-state index contributed by atoms with van der Waals surface area (Å²) in [6.07, 6.45) is 3.41. The van der Waals surface area contributed by atoms with Crippen LogP contribution in [0.5, 0.6) is 0 Å². The number of halogens is 1. The van der Waals surface area contributed by atoms with Crippen LogP contribution in [0.25, 0.3) is 0 Å². The number of aromatic nitrogens is 2. The second kappa shape index (κ2) is 3.58. The van der Waals surface area contributed by atoms with E-state index in [4.69, 9.17) is 16.7 Å². The second-order valence-corrected chi connectivity index (χ2v) is 3.07. The van der Waals surface area contributed by atoms with Gasteiger partial charge in [0.05, 0.1) is 12.7 Å². The fraction of sp³-hybridized carbons (Fsp3) is 0.429. The lowest BCUT2D eigenvalue weighted by atomic mass is 10.4. The number of aryl methyl sites for hydroxylation is 1. The Morgan fingerprint density at radius 2 is 2.58 bits per heavy atom. The fourth-order valence-electron chi connectivity index (χ4n) is 0.809. The maximum atomic E-state index is 10.3. The van der Waals surface area contributed by atoms with Gasteiger partial charge in [-0.1, -0.05) is 0 Å². The van der Waals surface area contributed by atoms with E-state index < -0.39 is 11.3 Å². The number of carboxylic acid groups (broad SMARTS) is 1. The highest BCUT2D eigenvalue weighted by Crippen LogP contribution is 2.01. The summed E-state index contributed by atoms with van der Waals surface area (Å²) in [5.74, 6) is -1.02. The highest BCUT2D eigenvalue weighted by atomic mass is 35.5. The average Bonchev–Trinajstić information content (AvgIpc) is 2.35. The number of carbonyl (C=O) groups is 1. The molecule has 0 amide bonds. The third kappa shape index (κ3) is 2.23. The van der Waals surface area contributed by atoms with Gasteiger partial charge in [-0.25, -0.2) is 0 Å². The molecular weight excluding hydrogens is 180 g/mol. The minimum absolute atomic E-state index is 0.199. The number of hydrogen-bond acceptors (Lipinski definition) is 2. The number of aliphatic carboxylic acids is 1. The summed E-state index contributed by atoms with van der Waals surface area (Å²) in [5.41, 5.74) is 0.990. The van der Waals surface area contributed by atoms with Crippen molar-refractivity contribution in [1.29, 1.82) is 0 Å². The molecule has 0 aliphatic carbocycles. The minimum atomic E-state index is -1.02. The Kier molecular flexibility index (Phi) is 2.70. The Labute approximate surface area is 74.8 Å². The molecule has 0 aliphatic heterocycles. The monoisotopic (exact) mass is 188 g/mol. The molecule has 0 aromatic carbocycles. The van der Waals surface area contributed by atoms with Crippen molar-refractivity contribution in [2.45, 2.75) is 18.8 Å². The van der Waals surface area contributed by atoms with Crippen molar-refractivity contribution in [3.8, 4) is 0 Å². The van der Waals surface area contributed by atoms with E-state index in [1.54, 1.807) is 12.4 Å². The molecule has 0 spiro atoms. The molecule has 1 aromatic rings. The Hall–Kier alpha value is -1.03. The molecule has 1 rings (SSSR count). The van der Waals surface area contributed by atoms with Gasteiger partial charge < -0.3 is 5.11 Å². The predicted octanol–water partition coefficient (Wildman–Crippen LogP) is 0.884. The third-order valence-corrected chi connectivity index (χ3v) is 1.70. The first kappa shape index (κ1) is 9.06. The number of nitrogens with zero attached hydrogens (tertiary/aromatic N) is 2. The van der Waals surface area contributed by atoms with Crippen LogP contribution in [-0.4, -0.2) is 26.2 Å². The molecule has 66 valence electrons. The highest BCUT2D eigenvalue weighted by Gasteiger charge is 2.13. The van der Waals surface area contributed by atoms with Gasteiger partial charge in [0, 0.05) is 6.20 Å². The summed E-state index contributed by atoms with van der Waals surface area (Å²) in [6, 6.07) is 0. The van der Waals surface area contributed by atoms with Gasteiger partial charge in [0.2, 0.25) is 0 Å². The van der Waals surface area contributed by atoms with Crippen molar-refractivity contribution in [3.63, 3.8) is 0 Å². The predicted molar refractivity (Wildman–Crippen MR) is 44.2 cm³/mol. The molecule has 0 saturated heterocycles. The van der Waals surface area contributed by atoms with Gasteiger partial charge in [0.1, 0.15) is 0 Å². The lowest BCUT2D eigenvalue weighted by Crippen LogP contribution is -2.20. The summed E-state index contributed by atoms with van der Waals surface area (Å²) in [7, 11) is 0. The number of carboxylic acids is 1. The molecule has 0 radical (unpaired) electrons. The molecule has 12 heavy (non-hydrogen) atoms. The maximum Gasteiger partial charge on any atom is 0.323 e. The number of alkyl halides is 1. The van der Waals surface area contributed by atoms with Crippen LogP contribution in [0.4, 0.5) is 0 Å². The molecule has 4 nitrogen and oxygen atoms in total. The summed E-state index contributed by atoms with van der Waals surface area (Å²) >= 11 is 5.50. The zero-order valence-corrected chi connectivity index (χ0v) is 7.32. The van der Waals surface area contributed by atoms with Crippen LogP contribution in [0.15, 0.2) is 12.4 Å². The molecule has 0 saturated carbocycles. The fourth-order valence-corrected chi connectivity index (χ4v) is 0.951. The van der Waals surface area contributed by atoms with E-state index in [2.05, 4.69) is 5.10 Å². The minimum Gasteiger partial charge on any atom is -0.480 e. The first-order valence-electron chi connectivity index (χ1n) is 3.45. The molecule has 1 N–H and O–H groups in total. The van der Waals surface area contributed by atoms with Crippen molar-refractivity contribution in [3.05, 3.63) is 18.0 Å². The Bertz CT molecular complexity index is 285. The van der Waals surface area contributed by atoms with Crippen molar-refractivity contribution >= 4 is 17.6 Å². The Morgan fingerprint density at radius 3 is 3.00 bits per heavy atom. The Balaban J connectivity index is 2.58. The zero-order valence-electron chi connectivity index (χ0n) is 6.57. The second-order valence-electron chi connectivity index (χ2n) is 2.55. The van der Waals surface area contributed by atoms with Gasteiger partial charge in [-0.05, 0) is 12.5 Å². The smallest absolute Gasteiger partial charge is 0.323 e. The van der Waals surface area contributed by atoms with Crippen LogP contribution in [0.2, 0.25) is 0 Å².